The van der Waals surface area contributed by atoms with Crippen molar-refractivity contribution in [1.29, 1.82) is 0 Å². The van der Waals surface area contributed by atoms with E-state index in [-0.39, 0.29) is 6.10 Å². The summed E-state index contributed by atoms with van der Waals surface area (Å²) in [5.41, 5.74) is 0. The highest BCUT2D eigenvalue weighted by molar-refractivity contribution is 4.69. The third kappa shape index (κ3) is 3.55. The van der Waals surface area contributed by atoms with Crippen molar-refractivity contribution in [3.05, 3.63) is 0 Å². The summed E-state index contributed by atoms with van der Waals surface area (Å²) in [4.78, 5) is 0. The maximum absolute atomic E-state index is 9.48. The highest BCUT2D eigenvalue weighted by atomic mass is 16.3. The van der Waals surface area contributed by atoms with Gasteiger partial charge >= 0.3 is 0 Å². The van der Waals surface area contributed by atoms with E-state index in [1.807, 2.05) is 0 Å². The van der Waals surface area contributed by atoms with Crippen LogP contribution in [0.1, 0.15) is 39.0 Å². The quantitative estimate of drug-likeness (QED) is 0.675. The number of aliphatic hydroxyl groups excluding tert-OH is 1. The number of nitrogens with one attached hydrogen (secondary N) is 1. The van der Waals surface area contributed by atoms with Gasteiger partial charge in [0.1, 0.15) is 0 Å². The lowest BCUT2D eigenvalue weighted by molar-refractivity contribution is 0.134. The minimum atomic E-state index is -0.0619. The fourth-order valence-electron chi connectivity index (χ4n) is 1.88. The lowest BCUT2D eigenvalue weighted by Gasteiger charge is -2.16. The molecular weight excluding hydrogens is 150 g/mol. The Morgan fingerprint density at radius 2 is 2.25 bits per heavy atom. The molecule has 1 aliphatic rings. The summed E-state index contributed by atoms with van der Waals surface area (Å²) in [7, 11) is 0. The van der Waals surface area contributed by atoms with Crippen LogP contribution in [0.2, 0.25) is 0 Å². The van der Waals surface area contributed by atoms with Crippen LogP contribution in [0.15, 0.2) is 0 Å². The van der Waals surface area contributed by atoms with Gasteiger partial charge in [0.25, 0.3) is 0 Å². The molecular formula is C10H21NO. The molecule has 72 valence electrons. The van der Waals surface area contributed by atoms with Gasteiger partial charge in [-0.05, 0) is 51.1 Å². The Bertz CT molecular complexity index is 108. The van der Waals surface area contributed by atoms with Gasteiger partial charge < -0.3 is 10.4 Å². The van der Waals surface area contributed by atoms with Gasteiger partial charge in [0, 0.05) is 0 Å². The average molecular weight is 171 g/mol. The Kier molecular flexibility index (Phi) is 4.62. The van der Waals surface area contributed by atoms with Gasteiger partial charge in [-0.15, -0.1) is 0 Å². The molecule has 0 aromatic heterocycles. The Morgan fingerprint density at radius 1 is 1.42 bits per heavy atom. The number of hydrogen-bond donors (Lipinski definition) is 2. The zero-order chi connectivity index (χ0) is 8.81. The van der Waals surface area contributed by atoms with Crippen molar-refractivity contribution in [2.45, 2.75) is 45.1 Å². The summed E-state index contributed by atoms with van der Waals surface area (Å²) in [6.45, 7) is 4.36. The van der Waals surface area contributed by atoms with E-state index in [0.717, 1.165) is 25.3 Å². The van der Waals surface area contributed by atoms with Crippen molar-refractivity contribution in [1.82, 2.24) is 5.32 Å². The molecule has 0 bridgehead atoms. The molecule has 0 spiro atoms. The van der Waals surface area contributed by atoms with Crippen LogP contribution in [0.25, 0.3) is 0 Å². The summed E-state index contributed by atoms with van der Waals surface area (Å²) >= 11 is 0. The van der Waals surface area contributed by atoms with Crippen LogP contribution in [-0.4, -0.2) is 24.3 Å². The number of aliphatic hydroxyl groups is 1. The van der Waals surface area contributed by atoms with Gasteiger partial charge in [0.15, 0.2) is 0 Å². The smallest absolute Gasteiger partial charge is 0.0540 e. The summed E-state index contributed by atoms with van der Waals surface area (Å²) < 4.78 is 0. The summed E-state index contributed by atoms with van der Waals surface area (Å²) in [5, 5.41) is 12.9. The first kappa shape index (κ1) is 10.0. The Hall–Kier alpha value is -0.0800. The van der Waals surface area contributed by atoms with Gasteiger partial charge in [0.05, 0.1) is 6.10 Å². The summed E-state index contributed by atoms with van der Waals surface area (Å²) in [5.74, 6) is 0.759. The van der Waals surface area contributed by atoms with Crippen molar-refractivity contribution in [2.24, 2.45) is 5.92 Å². The molecule has 2 unspecified atom stereocenters. The normalized spacial score (nSPS) is 28.0. The molecule has 1 saturated heterocycles. The lowest BCUT2D eigenvalue weighted by Crippen LogP contribution is -2.16. The van der Waals surface area contributed by atoms with E-state index in [0.29, 0.717) is 0 Å². The molecule has 12 heavy (non-hydrogen) atoms. The Balaban J connectivity index is 2.20. The average Bonchev–Trinajstić information content (AvgIpc) is 2.33. The predicted molar refractivity (Wildman–Crippen MR) is 51.1 cm³/mol. The van der Waals surface area contributed by atoms with E-state index >= 15 is 0 Å². The van der Waals surface area contributed by atoms with E-state index in [9.17, 15) is 5.11 Å². The number of hydrogen-bond acceptors (Lipinski definition) is 2. The summed E-state index contributed by atoms with van der Waals surface area (Å²) in [6, 6.07) is 0. The molecule has 1 heterocycles. The fraction of sp³-hybridized carbons (Fsp3) is 1.00. The van der Waals surface area contributed by atoms with Gasteiger partial charge in [-0.3, -0.25) is 0 Å². The largest absolute Gasteiger partial charge is 0.393 e. The lowest BCUT2D eigenvalue weighted by atomic mass is 9.93. The van der Waals surface area contributed by atoms with Crippen LogP contribution in [0, 0.1) is 5.92 Å². The second-order valence-corrected chi connectivity index (χ2v) is 3.84. The van der Waals surface area contributed by atoms with Crippen LogP contribution < -0.4 is 5.32 Å². The molecule has 2 heteroatoms. The molecule has 2 atom stereocenters. The Labute approximate surface area is 75.4 Å². The van der Waals surface area contributed by atoms with Crippen LogP contribution >= 0.6 is 0 Å². The van der Waals surface area contributed by atoms with E-state index in [1.54, 1.807) is 0 Å². The maximum atomic E-state index is 9.48. The van der Waals surface area contributed by atoms with Crippen LogP contribution in [-0.2, 0) is 0 Å². The van der Waals surface area contributed by atoms with E-state index in [4.69, 9.17) is 0 Å². The van der Waals surface area contributed by atoms with Crippen molar-refractivity contribution in [3.8, 4) is 0 Å². The second kappa shape index (κ2) is 5.55. The highest BCUT2D eigenvalue weighted by Crippen LogP contribution is 2.20. The van der Waals surface area contributed by atoms with Crippen molar-refractivity contribution >= 4 is 0 Å². The van der Waals surface area contributed by atoms with Crippen LogP contribution in [0.5, 0.6) is 0 Å². The highest BCUT2D eigenvalue weighted by Gasteiger charge is 2.14. The molecule has 1 rings (SSSR count). The molecule has 1 aliphatic heterocycles. The van der Waals surface area contributed by atoms with Gasteiger partial charge in [0.2, 0.25) is 0 Å². The zero-order valence-electron chi connectivity index (χ0n) is 8.05. The summed E-state index contributed by atoms with van der Waals surface area (Å²) in [6.07, 6.45) is 5.68. The monoisotopic (exact) mass is 171 g/mol. The van der Waals surface area contributed by atoms with Crippen LogP contribution in [0.3, 0.4) is 0 Å². The SMILES string of the molecule is CCC(O)CC1CCCNCC1. The van der Waals surface area contributed by atoms with Gasteiger partial charge in [-0.25, -0.2) is 0 Å². The third-order valence-corrected chi connectivity index (χ3v) is 2.77. The zero-order valence-corrected chi connectivity index (χ0v) is 8.05. The third-order valence-electron chi connectivity index (χ3n) is 2.77. The first-order valence-electron chi connectivity index (χ1n) is 5.21. The molecule has 1 fully saturated rings. The Morgan fingerprint density at radius 3 is 3.00 bits per heavy atom. The van der Waals surface area contributed by atoms with Crippen molar-refractivity contribution < 1.29 is 5.11 Å². The second-order valence-electron chi connectivity index (χ2n) is 3.84. The molecule has 0 aromatic rings. The molecule has 0 aliphatic carbocycles. The van der Waals surface area contributed by atoms with Crippen molar-refractivity contribution in [2.75, 3.05) is 13.1 Å². The molecule has 2 N–H and O–H groups in total. The first-order chi connectivity index (χ1) is 5.83. The van der Waals surface area contributed by atoms with Crippen LogP contribution in [0.4, 0.5) is 0 Å². The fourth-order valence-corrected chi connectivity index (χ4v) is 1.88. The standard InChI is InChI=1S/C10H21NO/c1-2-10(12)8-9-4-3-6-11-7-5-9/h9-12H,2-8H2,1H3. The molecule has 0 saturated carbocycles. The minimum absolute atomic E-state index is 0.0619. The molecule has 0 amide bonds. The van der Waals surface area contributed by atoms with E-state index in [1.165, 1.54) is 25.8 Å². The van der Waals surface area contributed by atoms with E-state index < -0.39 is 0 Å². The minimum Gasteiger partial charge on any atom is -0.393 e. The van der Waals surface area contributed by atoms with Gasteiger partial charge in [-0.1, -0.05) is 6.92 Å². The van der Waals surface area contributed by atoms with Crippen molar-refractivity contribution in [3.63, 3.8) is 0 Å². The van der Waals surface area contributed by atoms with E-state index in [2.05, 4.69) is 12.2 Å². The molecule has 0 radical (unpaired) electrons. The topological polar surface area (TPSA) is 32.3 Å². The first-order valence-corrected chi connectivity index (χ1v) is 5.21. The molecule has 0 aromatic carbocycles. The molecule has 2 nitrogen and oxygen atoms in total. The maximum Gasteiger partial charge on any atom is 0.0540 e. The number of rotatable bonds is 3. The van der Waals surface area contributed by atoms with Gasteiger partial charge in [-0.2, -0.15) is 0 Å². The predicted octanol–water partition coefficient (Wildman–Crippen LogP) is 1.54.